The lowest BCUT2D eigenvalue weighted by molar-refractivity contribution is -0.237. The molecule has 0 bridgehead atoms. The number of carbonyl (C=O) groups excluding carboxylic acids is 4. The SMILES string of the molecule is CC(=O)N[C@@H]1[C@@H](OC(C)=O)[C@H](OC(C)=O)[C@@H](COC(C)=O)O[C@H]1n1c(=O)sc2ccccc21. The molecule has 1 saturated heterocycles. The van der Waals surface area contributed by atoms with Crippen LogP contribution in [0.25, 0.3) is 10.2 Å². The Bertz CT molecular complexity index is 1120. The second-order valence-corrected chi connectivity index (χ2v) is 8.44. The second kappa shape index (κ2) is 10.1. The summed E-state index contributed by atoms with van der Waals surface area (Å²) >= 11 is 0.976. The highest BCUT2D eigenvalue weighted by Gasteiger charge is 2.52. The highest BCUT2D eigenvalue weighted by atomic mass is 32.1. The van der Waals surface area contributed by atoms with E-state index in [4.69, 9.17) is 18.9 Å². The van der Waals surface area contributed by atoms with E-state index in [-0.39, 0.29) is 11.5 Å². The van der Waals surface area contributed by atoms with Crippen molar-refractivity contribution in [2.24, 2.45) is 0 Å². The maximum Gasteiger partial charge on any atom is 0.310 e. The molecule has 1 amide bonds. The van der Waals surface area contributed by atoms with Crippen molar-refractivity contribution in [3.05, 3.63) is 33.9 Å². The predicted octanol–water partition coefficient (Wildman–Crippen LogP) is 0.892. The van der Waals surface area contributed by atoms with Crippen LogP contribution in [0.1, 0.15) is 33.9 Å². The summed E-state index contributed by atoms with van der Waals surface area (Å²) in [6.07, 6.45) is -4.71. The standard InChI is InChI=1S/C21H24N2O9S/c1-10(24)22-17-19(31-13(4)27)18(30-12(3)26)15(9-29-11(2)25)32-20(17)23-14-7-5-6-8-16(14)33-21(23)28/h5-8,15,17-20H,9H2,1-4H3,(H,22,24)/t15-,17-,18-,19-,20-/m1/s1. The zero-order valence-electron chi connectivity index (χ0n) is 18.4. The number of nitrogens with one attached hydrogen (secondary N) is 1. The molecular weight excluding hydrogens is 456 g/mol. The minimum Gasteiger partial charge on any atom is -0.463 e. The number of carbonyl (C=O) groups is 4. The van der Waals surface area contributed by atoms with Gasteiger partial charge in [0.2, 0.25) is 5.91 Å². The normalized spacial score (nSPS) is 24.7. The molecule has 0 radical (unpaired) electrons. The fourth-order valence-electron chi connectivity index (χ4n) is 3.75. The molecule has 0 aliphatic carbocycles. The Morgan fingerprint density at radius 1 is 1.00 bits per heavy atom. The monoisotopic (exact) mass is 480 g/mol. The molecule has 1 N–H and O–H groups in total. The number of hydrogen-bond acceptors (Lipinski definition) is 10. The second-order valence-electron chi connectivity index (χ2n) is 7.45. The van der Waals surface area contributed by atoms with E-state index in [1.54, 1.807) is 24.3 Å². The molecule has 0 saturated carbocycles. The van der Waals surface area contributed by atoms with Crippen LogP contribution in [0.3, 0.4) is 0 Å². The summed E-state index contributed by atoms with van der Waals surface area (Å²) in [6, 6.07) is 5.89. The van der Waals surface area contributed by atoms with Gasteiger partial charge in [-0.05, 0) is 12.1 Å². The van der Waals surface area contributed by atoms with Crippen LogP contribution in [0.15, 0.2) is 29.1 Å². The molecule has 1 aliphatic rings. The fraction of sp³-hybridized carbons (Fsp3) is 0.476. The average molecular weight is 480 g/mol. The van der Waals surface area contributed by atoms with Gasteiger partial charge in [-0.1, -0.05) is 23.5 Å². The Morgan fingerprint density at radius 2 is 1.64 bits per heavy atom. The first kappa shape index (κ1) is 24.4. The Labute approximate surface area is 192 Å². The molecule has 1 aliphatic heterocycles. The van der Waals surface area contributed by atoms with Gasteiger partial charge in [0.05, 0.1) is 10.2 Å². The van der Waals surface area contributed by atoms with Crippen LogP contribution in [0.2, 0.25) is 0 Å². The van der Waals surface area contributed by atoms with E-state index in [0.717, 1.165) is 25.2 Å². The summed E-state index contributed by atoms with van der Waals surface area (Å²) in [7, 11) is 0. The third-order valence-corrected chi connectivity index (χ3v) is 5.80. The average Bonchev–Trinajstić information content (AvgIpc) is 3.04. The molecule has 12 heteroatoms. The minimum absolute atomic E-state index is 0.342. The summed E-state index contributed by atoms with van der Waals surface area (Å²) < 4.78 is 24.1. The molecule has 0 unspecified atom stereocenters. The molecule has 1 fully saturated rings. The zero-order chi connectivity index (χ0) is 24.3. The number of para-hydroxylation sites is 1. The number of benzene rings is 1. The number of rotatable bonds is 6. The summed E-state index contributed by atoms with van der Waals surface area (Å²) in [6.45, 7) is 4.42. The molecule has 2 heterocycles. The van der Waals surface area contributed by atoms with Gasteiger partial charge < -0.3 is 24.3 Å². The van der Waals surface area contributed by atoms with Crippen LogP contribution in [-0.2, 0) is 38.1 Å². The molecule has 178 valence electrons. The van der Waals surface area contributed by atoms with E-state index in [2.05, 4.69) is 5.32 Å². The lowest BCUT2D eigenvalue weighted by Gasteiger charge is -2.45. The summed E-state index contributed by atoms with van der Waals surface area (Å²) in [5.74, 6) is -2.50. The molecule has 5 atom stereocenters. The number of fused-ring (bicyclic) bond motifs is 1. The van der Waals surface area contributed by atoms with Gasteiger partial charge in [0.1, 0.15) is 18.8 Å². The van der Waals surface area contributed by atoms with Crippen LogP contribution in [-0.4, -0.2) is 59.3 Å². The van der Waals surface area contributed by atoms with E-state index in [0.29, 0.717) is 10.2 Å². The van der Waals surface area contributed by atoms with Crippen LogP contribution >= 0.6 is 11.3 Å². The molecule has 1 aromatic carbocycles. The van der Waals surface area contributed by atoms with Gasteiger partial charge in [-0.15, -0.1) is 0 Å². The van der Waals surface area contributed by atoms with E-state index >= 15 is 0 Å². The van der Waals surface area contributed by atoms with Crippen molar-refractivity contribution < 1.29 is 38.1 Å². The first-order valence-electron chi connectivity index (χ1n) is 10.1. The van der Waals surface area contributed by atoms with Crippen molar-refractivity contribution in [1.82, 2.24) is 9.88 Å². The highest BCUT2D eigenvalue weighted by Crippen LogP contribution is 2.34. The Hall–Kier alpha value is -3.25. The number of thiazole rings is 1. The van der Waals surface area contributed by atoms with Crippen LogP contribution in [0.4, 0.5) is 0 Å². The number of nitrogens with zero attached hydrogens (tertiary/aromatic N) is 1. The summed E-state index contributed by atoms with van der Waals surface area (Å²) in [5, 5.41) is 2.66. The van der Waals surface area contributed by atoms with Gasteiger partial charge >= 0.3 is 22.8 Å². The molecule has 0 spiro atoms. The number of hydrogen-bond donors (Lipinski definition) is 1. The van der Waals surface area contributed by atoms with Gasteiger partial charge in [0.25, 0.3) is 0 Å². The Kier molecular flexibility index (Phi) is 7.49. The minimum atomic E-state index is -1.24. The van der Waals surface area contributed by atoms with Crippen molar-refractivity contribution >= 4 is 45.4 Å². The van der Waals surface area contributed by atoms with Gasteiger partial charge in [-0.3, -0.25) is 28.5 Å². The first-order valence-corrected chi connectivity index (χ1v) is 10.9. The summed E-state index contributed by atoms with van der Waals surface area (Å²) in [4.78, 5) is 59.8. The van der Waals surface area contributed by atoms with Crippen LogP contribution < -0.4 is 10.2 Å². The van der Waals surface area contributed by atoms with Crippen molar-refractivity contribution in [2.45, 2.75) is 58.3 Å². The Balaban J connectivity index is 2.16. The highest BCUT2D eigenvalue weighted by molar-refractivity contribution is 7.16. The van der Waals surface area contributed by atoms with Gasteiger partial charge in [0.15, 0.2) is 18.4 Å². The van der Waals surface area contributed by atoms with Crippen LogP contribution in [0, 0.1) is 0 Å². The number of amides is 1. The lowest BCUT2D eigenvalue weighted by Crippen LogP contribution is -2.64. The fourth-order valence-corrected chi connectivity index (χ4v) is 4.66. The zero-order valence-corrected chi connectivity index (χ0v) is 19.2. The molecule has 3 rings (SSSR count). The van der Waals surface area contributed by atoms with E-state index in [9.17, 15) is 24.0 Å². The topological polar surface area (TPSA) is 139 Å². The van der Waals surface area contributed by atoms with Gasteiger partial charge in [0, 0.05) is 27.7 Å². The van der Waals surface area contributed by atoms with Crippen molar-refractivity contribution in [1.29, 1.82) is 0 Å². The lowest BCUT2D eigenvalue weighted by atomic mass is 9.94. The number of aromatic nitrogens is 1. The third kappa shape index (κ3) is 5.57. The molecule has 11 nitrogen and oxygen atoms in total. The number of ether oxygens (including phenoxy) is 4. The van der Waals surface area contributed by atoms with Crippen LogP contribution in [0.5, 0.6) is 0 Å². The van der Waals surface area contributed by atoms with E-state index < -0.39 is 54.4 Å². The molecule has 33 heavy (non-hydrogen) atoms. The quantitative estimate of drug-likeness (QED) is 0.472. The Morgan fingerprint density at radius 3 is 2.24 bits per heavy atom. The van der Waals surface area contributed by atoms with E-state index in [1.807, 2.05) is 0 Å². The predicted molar refractivity (Wildman–Crippen MR) is 115 cm³/mol. The molecular formula is C21H24N2O9S. The summed E-state index contributed by atoms with van der Waals surface area (Å²) in [5.41, 5.74) is 0.534. The van der Waals surface area contributed by atoms with E-state index in [1.165, 1.54) is 18.4 Å². The van der Waals surface area contributed by atoms with Gasteiger partial charge in [-0.2, -0.15) is 0 Å². The number of esters is 3. The first-order chi connectivity index (χ1) is 15.6. The molecule has 2 aromatic rings. The van der Waals surface area contributed by atoms with Gasteiger partial charge in [-0.25, -0.2) is 0 Å². The third-order valence-electron chi connectivity index (χ3n) is 4.86. The molecule has 1 aromatic heterocycles. The van der Waals surface area contributed by atoms with Crippen molar-refractivity contribution in [2.75, 3.05) is 6.61 Å². The maximum absolute atomic E-state index is 12.9. The largest absolute Gasteiger partial charge is 0.463 e. The van der Waals surface area contributed by atoms with Crippen molar-refractivity contribution in [3.8, 4) is 0 Å². The maximum atomic E-state index is 12.9. The smallest absolute Gasteiger partial charge is 0.310 e. The van der Waals surface area contributed by atoms with Crippen molar-refractivity contribution in [3.63, 3.8) is 0 Å².